The lowest BCUT2D eigenvalue weighted by atomic mass is 10.2. The summed E-state index contributed by atoms with van der Waals surface area (Å²) in [7, 11) is 0. The first-order valence-electron chi connectivity index (χ1n) is 7.74. The molecule has 1 amide bonds. The van der Waals surface area contributed by atoms with E-state index in [0.717, 1.165) is 29.6 Å². The maximum atomic E-state index is 12.1. The quantitative estimate of drug-likeness (QED) is 0.797. The van der Waals surface area contributed by atoms with Gasteiger partial charge in [0.05, 0.1) is 24.2 Å². The van der Waals surface area contributed by atoms with Crippen molar-refractivity contribution in [1.82, 2.24) is 4.90 Å². The topological polar surface area (TPSA) is 51.1 Å². The van der Waals surface area contributed by atoms with Gasteiger partial charge in [0.15, 0.2) is 5.17 Å². The van der Waals surface area contributed by atoms with Crippen molar-refractivity contribution in [3.63, 3.8) is 0 Å². The highest BCUT2D eigenvalue weighted by atomic mass is 32.2. The number of hydrogen-bond donors (Lipinski definition) is 0. The van der Waals surface area contributed by atoms with Crippen molar-refractivity contribution < 1.29 is 14.3 Å². The Kier molecular flexibility index (Phi) is 5.03. The van der Waals surface area contributed by atoms with Crippen LogP contribution in [0.1, 0.15) is 19.4 Å². The maximum Gasteiger partial charge on any atom is 0.286 e. The van der Waals surface area contributed by atoms with E-state index in [0.29, 0.717) is 18.1 Å². The summed E-state index contributed by atoms with van der Waals surface area (Å²) >= 11 is 1.44. The first kappa shape index (κ1) is 16.1. The number of nitrogens with zero attached hydrogens (tertiary/aromatic N) is 2. The Morgan fingerprint density at radius 1 is 1.26 bits per heavy atom. The van der Waals surface area contributed by atoms with Crippen LogP contribution in [0.15, 0.2) is 34.2 Å². The van der Waals surface area contributed by atoms with Gasteiger partial charge < -0.3 is 14.4 Å². The number of ether oxygens (including phenoxy) is 2. The normalized spacial score (nSPS) is 20.3. The van der Waals surface area contributed by atoms with Gasteiger partial charge in [0.2, 0.25) is 0 Å². The molecular weight excluding hydrogens is 312 g/mol. The van der Waals surface area contributed by atoms with Gasteiger partial charge in [-0.3, -0.25) is 4.79 Å². The maximum absolute atomic E-state index is 12.1. The number of carbonyl (C=O) groups is 1. The van der Waals surface area contributed by atoms with Crippen LogP contribution >= 0.6 is 11.8 Å². The molecule has 0 bridgehead atoms. The minimum absolute atomic E-state index is 0.149. The molecule has 23 heavy (non-hydrogen) atoms. The van der Waals surface area contributed by atoms with Crippen LogP contribution in [0, 0.1) is 0 Å². The monoisotopic (exact) mass is 332 g/mol. The van der Waals surface area contributed by atoms with E-state index in [1.54, 1.807) is 0 Å². The molecule has 0 aromatic heterocycles. The molecule has 0 aliphatic carbocycles. The predicted molar refractivity (Wildman–Crippen MR) is 92.6 cm³/mol. The van der Waals surface area contributed by atoms with Gasteiger partial charge >= 0.3 is 0 Å². The average molecular weight is 332 g/mol. The van der Waals surface area contributed by atoms with Crippen LogP contribution in [0.4, 0.5) is 0 Å². The smallest absolute Gasteiger partial charge is 0.286 e. The number of carbonyl (C=O) groups excluding carboxylic acids is 1. The van der Waals surface area contributed by atoms with Crippen LogP contribution in [0.5, 0.6) is 5.75 Å². The number of amides is 1. The third-order valence-corrected chi connectivity index (χ3v) is 4.48. The predicted octanol–water partition coefficient (Wildman–Crippen LogP) is 2.78. The van der Waals surface area contributed by atoms with Gasteiger partial charge in [0.25, 0.3) is 5.91 Å². The Hall–Kier alpha value is -1.79. The molecule has 2 aliphatic rings. The van der Waals surface area contributed by atoms with Crippen molar-refractivity contribution in [3.05, 3.63) is 34.7 Å². The van der Waals surface area contributed by atoms with Gasteiger partial charge in [-0.25, -0.2) is 0 Å². The number of rotatable bonds is 3. The van der Waals surface area contributed by atoms with Crippen LogP contribution in [0.2, 0.25) is 0 Å². The van der Waals surface area contributed by atoms with Crippen molar-refractivity contribution in [2.45, 2.75) is 20.0 Å². The second kappa shape index (κ2) is 7.19. The lowest BCUT2D eigenvalue weighted by Gasteiger charge is -2.27. The summed E-state index contributed by atoms with van der Waals surface area (Å²) in [5, 5.41) is 0.782. The molecule has 0 radical (unpaired) electrons. The molecule has 1 saturated heterocycles. The minimum atomic E-state index is -0.168. The van der Waals surface area contributed by atoms with E-state index >= 15 is 0 Å². The summed E-state index contributed by atoms with van der Waals surface area (Å²) in [4.78, 5) is 19.0. The third-order valence-electron chi connectivity index (χ3n) is 3.44. The second-order valence-electron chi connectivity index (χ2n) is 5.65. The number of thioether (sulfide) groups is 1. The molecule has 0 unspecified atom stereocenters. The van der Waals surface area contributed by atoms with Gasteiger partial charge in [0, 0.05) is 13.1 Å². The number of amidine groups is 1. The summed E-state index contributed by atoms with van der Waals surface area (Å²) in [5.74, 6) is 0.664. The molecule has 1 aromatic carbocycles. The zero-order chi connectivity index (χ0) is 16.2. The van der Waals surface area contributed by atoms with Crippen molar-refractivity contribution in [1.29, 1.82) is 0 Å². The molecule has 0 N–H and O–H groups in total. The summed E-state index contributed by atoms with van der Waals surface area (Å²) in [6, 6.07) is 7.73. The summed E-state index contributed by atoms with van der Waals surface area (Å²) in [6.07, 6.45) is 2.03. The summed E-state index contributed by atoms with van der Waals surface area (Å²) < 4.78 is 11.0. The molecule has 2 heterocycles. The molecule has 122 valence electrons. The molecule has 1 aromatic rings. The number of aliphatic imine (C=N–C) groups is 1. The standard InChI is InChI=1S/C17H20N2O3S/c1-12(2)22-14-5-3-13(4-6-14)11-15-16(20)18-17(23-15)19-7-9-21-10-8-19/h3-6,11-12H,7-10H2,1-2H3/b15-11-. The van der Waals surface area contributed by atoms with Crippen molar-refractivity contribution in [2.75, 3.05) is 26.3 Å². The van der Waals surface area contributed by atoms with Gasteiger partial charge in [-0.15, -0.1) is 0 Å². The first-order chi connectivity index (χ1) is 11.1. The van der Waals surface area contributed by atoms with Gasteiger partial charge in [-0.1, -0.05) is 12.1 Å². The molecule has 2 aliphatic heterocycles. The van der Waals surface area contributed by atoms with Crippen LogP contribution < -0.4 is 4.74 Å². The zero-order valence-electron chi connectivity index (χ0n) is 13.3. The van der Waals surface area contributed by atoms with E-state index in [-0.39, 0.29) is 12.0 Å². The summed E-state index contributed by atoms with van der Waals surface area (Å²) in [6.45, 7) is 6.93. The summed E-state index contributed by atoms with van der Waals surface area (Å²) in [5.41, 5.74) is 0.968. The molecule has 0 saturated carbocycles. The first-order valence-corrected chi connectivity index (χ1v) is 8.55. The average Bonchev–Trinajstić information content (AvgIpc) is 2.91. The zero-order valence-corrected chi connectivity index (χ0v) is 14.1. The fourth-order valence-electron chi connectivity index (χ4n) is 2.35. The highest BCUT2D eigenvalue weighted by molar-refractivity contribution is 8.18. The Balaban J connectivity index is 1.67. The van der Waals surface area contributed by atoms with E-state index < -0.39 is 0 Å². The Bertz CT molecular complexity index is 632. The molecule has 0 atom stereocenters. The Morgan fingerprint density at radius 3 is 2.61 bits per heavy atom. The molecule has 3 rings (SSSR count). The van der Waals surface area contributed by atoms with Gasteiger partial charge in [0.1, 0.15) is 5.75 Å². The number of benzene rings is 1. The number of hydrogen-bond acceptors (Lipinski definition) is 5. The highest BCUT2D eigenvalue weighted by Crippen LogP contribution is 2.30. The fourth-order valence-corrected chi connectivity index (χ4v) is 3.32. The minimum Gasteiger partial charge on any atom is -0.491 e. The SMILES string of the molecule is CC(C)Oc1ccc(/C=C2\SC(N3CCOCC3)=NC2=O)cc1. The van der Waals surface area contributed by atoms with Crippen LogP contribution in [0.3, 0.4) is 0 Å². The van der Waals surface area contributed by atoms with Gasteiger partial charge in [-0.2, -0.15) is 4.99 Å². The lowest BCUT2D eigenvalue weighted by Crippen LogP contribution is -2.38. The van der Waals surface area contributed by atoms with E-state index in [4.69, 9.17) is 9.47 Å². The van der Waals surface area contributed by atoms with Crippen molar-refractivity contribution in [3.8, 4) is 5.75 Å². The van der Waals surface area contributed by atoms with Crippen molar-refractivity contribution in [2.24, 2.45) is 4.99 Å². The van der Waals surface area contributed by atoms with E-state index in [2.05, 4.69) is 9.89 Å². The Labute approximate surface area is 140 Å². The van der Waals surface area contributed by atoms with Crippen LogP contribution in [0.25, 0.3) is 6.08 Å². The highest BCUT2D eigenvalue weighted by Gasteiger charge is 2.27. The lowest BCUT2D eigenvalue weighted by molar-refractivity contribution is -0.113. The largest absolute Gasteiger partial charge is 0.491 e. The molecular formula is C17H20N2O3S. The van der Waals surface area contributed by atoms with Crippen LogP contribution in [-0.2, 0) is 9.53 Å². The third kappa shape index (κ3) is 4.14. The van der Waals surface area contributed by atoms with Crippen LogP contribution in [-0.4, -0.2) is 48.4 Å². The van der Waals surface area contributed by atoms with Crippen molar-refractivity contribution >= 4 is 28.9 Å². The molecule has 0 spiro atoms. The van der Waals surface area contributed by atoms with E-state index in [1.165, 1.54) is 11.8 Å². The van der Waals surface area contributed by atoms with E-state index in [9.17, 15) is 4.79 Å². The van der Waals surface area contributed by atoms with Gasteiger partial charge in [-0.05, 0) is 49.4 Å². The number of morpholine rings is 1. The molecule has 5 nitrogen and oxygen atoms in total. The Morgan fingerprint density at radius 2 is 1.96 bits per heavy atom. The second-order valence-corrected chi connectivity index (χ2v) is 6.65. The molecule has 1 fully saturated rings. The molecule has 6 heteroatoms. The van der Waals surface area contributed by atoms with E-state index in [1.807, 2.05) is 44.2 Å². The fraction of sp³-hybridized carbons (Fsp3) is 0.412.